The number of carbonyl (C=O) groups excluding carboxylic acids is 1. The minimum atomic E-state index is -1.11. The van der Waals surface area contributed by atoms with Crippen LogP contribution in [-0.2, 0) is 4.74 Å². The number of amides is 1. The fourth-order valence-corrected chi connectivity index (χ4v) is 1.98. The number of benzene rings is 1. The van der Waals surface area contributed by atoms with Crippen molar-refractivity contribution in [3.63, 3.8) is 0 Å². The van der Waals surface area contributed by atoms with E-state index in [9.17, 15) is 14.3 Å². The minimum absolute atomic E-state index is 0.227. The van der Waals surface area contributed by atoms with Crippen LogP contribution >= 0.6 is 0 Å². The Balaban J connectivity index is 2.56. The highest BCUT2D eigenvalue weighted by atomic mass is 19.1. The molecule has 130 valence electrons. The highest BCUT2D eigenvalue weighted by Crippen LogP contribution is 2.28. The summed E-state index contributed by atoms with van der Waals surface area (Å²) in [5, 5.41) is 12.8. The summed E-state index contributed by atoms with van der Waals surface area (Å²) in [5.74, 6) is -0.131. The van der Waals surface area contributed by atoms with Crippen molar-refractivity contribution in [1.82, 2.24) is 5.32 Å². The summed E-state index contributed by atoms with van der Waals surface area (Å²) in [6, 6.07) is 3.16. The first-order valence-electron chi connectivity index (χ1n) is 7.38. The van der Waals surface area contributed by atoms with Crippen LogP contribution in [0, 0.1) is 5.82 Å². The molecule has 2 unspecified atom stereocenters. The molecular formula is C16H25FN2O4. The van der Waals surface area contributed by atoms with Gasteiger partial charge in [0.15, 0.2) is 0 Å². The molecule has 2 atom stereocenters. The largest absolute Gasteiger partial charge is 0.496 e. The summed E-state index contributed by atoms with van der Waals surface area (Å²) in [4.78, 5) is 11.5. The van der Waals surface area contributed by atoms with E-state index in [1.165, 1.54) is 25.3 Å². The number of alkyl carbamates (subject to hydrolysis) is 1. The summed E-state index contributed by atoms with van der Waals surface area (Å²) >= 11 is 0. The first-order chi connectivity index (χ1) is 10.6. The van der Waals surface area contributed by atoms with Gasteiger partial charge < -0.3 is 25.6 Å². The van der Waals surface area contributed by atoms with Crippen LogP contribution in [0.25, 0.3) is 0 Å². The molecule has 0 aromatic heterocycles. The molecule has 0 aliphatic carbocycles. The zero-order valence-corrected chi connectivity index (χ0v) is 13.9. The highest BCUT2D eigenvalue weighted by Gasteiger charge is 2.22. The SMILES string of the molecule is COc1ccc(F)cc1C(O)C(N)CCNC(=O)OC(C)(C)C. The van der Waals surface area contributed by atoms with E-state index in [0.29, 0.717) is 12.2 Å². The lowest BCUT2D eigenvalue weighted by atomic mass is 9.99. The van der Waals surface area contributed by atoms with E-state index >= 15 is 0 Å². The summed E-state index contributed by atoms with van der Waals surface area (Å²) < 4.78 is 23.5. The Morgan fingerprint density at radius 2 is 2.09 bits per heavy atom. The van der Waals surface area contributed by atoms with Crippen LogP contribution in [-0.4, -0.2) is 36.5 Å². The summed E-state index contributed by atoms with van der Waals surface area (Å²) in [6.07, 6.45) is -1.37. The second-order valence-corrected chi connectivity index (χ2v) is 6.21. The van der Waals surface area contributed by atoms with Gasteiger partial charge in [0.05, 0.1) is 13.2 Å². The quantitative estimate of drug-likeness (QED) is 0.743. The van der Waals surface area contributed by atoms with E-state index in [1.54, 1.807) is 20.8 Å². The predicted molar refractivity (Wildman–Crippen MR) is 84.7 cm³/mol. The molecular weight excluding hydrogens is 303 g/mol. The molecule has 7 heteroatoms. The maximum atomic E-state index is 13.3. The number of rotatable bonds is 6. The van der Waals surface area contributed by atoms with Gasteiger partial charge in [0.1, 0.15) is 17.2 Å². The number of hydrogen-bond donors (Lipinski definition) is 3. The van der Waals surface area contributed by atoms with Gasteiger partial charge in [-0.3, -0.25) is 0 Å². The lowest BCUT2D eigenvalue weighted by Crippen LogP contribution is -2.37. The number of aliphatic hydroxyl groups excluding tert-OH is 1. The van der Waals surface area contributed by atoms with Gasteiger partial charge in [-0.05, 0) is 45.4 Å². The molecule has 23 heavy (non-hydrogen) atoms. The number of methoxy groups -OCH3 is 1. The van der Waals surface area contributed by atoms with Crippen molar-refractivity contribution in [2.75, 3.05) is 13.7 Å². The summed E-state index contributed by atoms with van der Waals surface area (Å²) in [5.41, 5.74) is 5.61. The molecule has 6 nitrogen and oxygen atoms in total. The molecule has 1 rings (SSSR count). The van der Waals surface area contributed by atoms with Crippen molar-refractivity contribution >= 4 is 6.09 Å². The molecule has 1 aromatic rings. The average molecular weight is 328 g/mol. The maximum Gasteiger partial charge on any atom is 0.407 e. The van der Waals surface area contributed by atoms with E-state index in [-0.39, 0.29) is 12.1 Å². The first kappa shape index (κ1) is 19.2. The van der Waals surface area contributed by atoms with Crippen molar-refractivity contribution in [3.8, 4) is 5.75 Å². The van der Waals surface area contributed by atoms with E-state index in [4.69, 9.17) is 15.2 Å². The third-order valence-corrected chi connectivity index (χ3v) is 3.06. The van der Waals surface area contributed by atoms with Crippen LogP contribution < -0.4 is 15.8 Å². The number of carbonyl (C=O) groups is 1. The predicted octanol–water partition coefficient (Wildman–Crippen LogP) is 2.11. The third-order valence-electron chi connectivity index (χ3n) is 3.06. The van der Waals surface area contributed by atoms with Crippen LogP contribution in [0.2, 0.25) is 0 Å². The molecule has 0 aliphatic heterocycles. The van der Waals surface area contributed by atoms with Crippen LogP contribution in [0.5, 0.6) is 5.75 Å². The zero-order chi connectivity index (χ0) is 17.6. The molecule has 1 amide bonds. The molecule has 0 saturated heterocycles. The fraction of sp³-hybridized carbons (Fsp3) is 0.562. The molecule has 0 fully saturated rings. The Hall–Kier alpha value is -1.86. The van der Waals surface area contributed by atoms with Gasteiger partial charge in [0.25, 0.3) is 0 Å². The molecule has 1 aromatic carbocycles. The van der Waals surface area contributed by atoms with Gasteiger partial charge in [-0.1, -0.05) is 0 Å². The van der Waals surface area contributed by atoms with Crippen molar-refractivity contribution in [3.05, 3.63) is 29.6 Å². The molecule has 0 spiro atoms. The number of hydrogen-bond acceptors (Lipinski definition) is 5. The van der Waals surface area contributed by atoms with Crippen LogP contribution in [0.1, 0.15) is 38.9 Å². The highest BCUT2D eigenvalue weighted by molar-refractivity contribution is 5.67. The number of ether oxygens (including phenoxy) is 2. The number of nitrogens with one attached hydrogen (secondary N) is 1. The summed E-state index contributed by atoms with van der Waals surface area (Å²) in [6.45, 7) is 5.51. The lowest BCUT2D eigenvalue weighted by molar-refractivity contribution is 0.0521. The minimum Gasteiger partial charge on any atom is -0.496 e. The molecule has 0 saturated carbocycles. The lowest BCUT2D eigenvalue weighted by Gasteiger charge is -2.22. The van der Waals surface area contributed by atoms with E-state index in [0.717, 1.165) is 0 Å². The normalized spacial score (nSPS) is 14.0. The molecule has 0 radical (unpaired) electrons. The molecule has 4 N–H and O–H groups in total. The first-order valence-corrected chi connectivity index (χ1v) is 7.38. The zero-order valence-electron chi connectivity index (χ0n) is 13.9. The van der Waals surface area contributed by atoms with Gasteiger partial charge in [-0.25, -0.2) is 9.18 Å². The van der Waals surface area contributed by atoms with Crippen molar-refractivity contribution in [2.45, 2.75) is 44.9 Å². The average Bonchev–Trinajstić information content (AvgIpc) is 2.44. The van der Waals surface area contributed by atoms with Gasteiger partial charge in [-0.2, -0.15) is 0 Å². The smallest absolute Gasteiger partial charge is 0.407 e. The monoisotopic (exact) mass is 328 g/mol. The Morgan fingerprint density at radius 3 is 2.65 bits per heavy atom. The van der Waals surface area contributed by atoms with Gasteiger partial charge >= 0.3 is 6.09 Å². The second kappa shape index (κ2) is 8.12. The molecule has 0 heterocycles. The van der Waals surface area contributed by atoms with Crippen molar-refractivity contribution in [1.29, 1.82) is 0 Å². The van der Waals surface area contributed by atoms with Crippen molar-refractivity contribution in [2.24, 2.45) is 5.73 Å². The van der Waals surface area contributed by atoms with E-state index in [2.05, 4.69) is 5.32 Å². The Morgan fingerprint density at radius 1 is 1.43 bits per heavy atom. The van der Waals surface area contributed by atoms with Crippen LogP contribution in [0.4, 0.5) is 9.18 Å². The number of halogens is 1. The van der Waals surface area contributed by atoms with Gasteiger partial charge in [-0.15, -0.1) is 0 Å². The molecule has 0 aliphatic rings. The third kappa shape index (κ3) is 6.42. The van der Waals surface area contributed by atoms with Crippen molar-refractivity contribution < 1.29 is 23.8 Å². The van der Waals surface area contributed by atoms with Crippen LogP contribution in [0.15, 0.2) is 18.2 Å². The summed E-state index contributed by atoms with van der Waals surface area (Å²) in [7, 11) is 1.43. The number of aliphatic hydroxyl groups is 1. The van der Waals surface area contributed by atoms with Crippen LogP contribution in [0.3, 0.4) is 0 Å². The topological polar surface area (TPSA) is 93.8 Å². The maximum absolute atomic E-state index is 13.3. The Labute approximate surface area is 135 Å². The fourth-order valence-electron chi connectivity index (χ4n) is 1.98. The van der Waals surface area contributed by atoms with E-state index in [1.807, 2.05) is 0 Å². The second-order valence-electron chi connectivity index (χ2n) is 6.21. The number of nitrogens with two attached hydrogens (primary N) is 1. The Kier molecular flexibility index (Phi) is 6.78. The molecule has 0 bridgehead atoms. The van der Waals surface area contributed by atoms with Gasteiger partial charge in [0.2, 0.25) is 0 Å². The van der Waals surface area contributed by atoms with E-state index < -0.39 is 29.7 Å². The van der Waals surface area contributed by atoms with Gasteiger partial charge in [0, 0.05) is 18.2 Å². The Bertz CT molecular complexity index is 531. The standard InChI is InChI=1S/C16H25FN2O4/c1-16(2,3)23-15(21)19-8-7-12(18)14(20)11-9-10(17)5-6-13(11)22-4/h5-6,9,12,14,20H,7-8,18H2,1-4H3,(H,19,21).